The van der Waals surface area contributed by atoms with Gasteiger partial charge in [-0.2, -0.15) is 5.26 Å². The zero-order chi connectivity index (χ0) is 28.8. The van der Waals surface area contributed by atoms with Gasteiger partial charge in [-0.3, -0.25) is 14.4 Å². The van der Waals surface area contributed by atoms with Gasteiger partial charge in [-0.1, -0.05) is 54.5 Å². The van der Waals surface area contributed by atoms with Gasteiger partial charge in [0.1, 0.15) is 5.37 Å². The Morgan fingerprint density at radius 1 is 1.18 bits per heavy atom. The van der Waals surface area contributed by atoms with E-state index in [1.54, 1.807) is 4.90 Å². The first-order valence-corrected chi connectivity index (χ1v) is 14.0. The van der Waals surface area contributed by atoms with Crippen LogP contribution in [-0.4, -0.2) is 64.1 Å². The summed E-state index contributed by atoms with van der Waals surface area (Å²) in [4.78, 5) is 40.3. The van der Waals surface area contributed by atoms with Crippen molar-refractivity contribution in [3.05, 3.63) is 24.3 Å². The van der Waals surface area contributed by atoms with Gasteiger partial charge in [0.2, 0.25) is 17.7 Å². The van der Waals surface area contributed by atoms with Crippen LogP contribution >= 0.6 is 11.8 Å². The molecule has 1 aliphatic rings. The van der Waals surface area contributed by atoms with Crippen molar-refractivity contribution < 1.29 is 19.5 Å². The Kier molecular flexibility index (Phi) is 10.6. The number of aliphatic hydroxyl groups is 1. The first-order chi connectivity index (χ1) is 17.6. The van der Waals surface area contributed by atoms with Crippen LogP contribution in [0.4, 0.5) is 11.4 Å². The molecule has 5 atom stereocenters. The third-order valence-electron chi connectivity index (χ3n) is 6.66. The number of hydrogen-bond acceptors (Lipinski definition) is 7. The number of anilines is 2. The number of rotatable bonds is 10. The Morgan fingerprint density at radius 2 is 1.82 bits per heavy atom. The number of carbonyl (C=O) groups excluding carboxylic acids is 3. The first kappa shape index (κ1) is 31.4. The average molecular weight is 546 g/mol. The summed E-state index contributed by atoms with van der Waals surface area (Å²) in [5.74, 6) is -1.81. The average Bonchev–Trinajstić information content (AvgIpc) is 3.16. The van der Waals surface area contributed by atoms with Gasteiger partial charge in [0.15, 0.2) is 5.92 Å². The lowest BCUT2D eigenvalue weighted by molar-refractivity contribution is -0.132. The van der Waals surface area contributed by atoms with Crippen LogP contribution < -0.4 is 16.0 Å². The molecule has 4 N–H and O–H groups in total. The Balaban J connectivity index is 2.09. The van der Waals surface area contributed by atoms with E-state index in [1.807, 2.05) is 79.7 Å². The lowest BCUT2D eigenvalue weighted by Crippen LogP contribution is -2.51. The number of benzene rings is 1. The molecule has 0 saturated carbocycles. The molecule has 1 aliphatic heterocycles. The van der Waals surface area contributed by atoms with Gasteiger partial charge < -0.3 is 26.0 Å². The van der Waals surface area contributed by atoms with Gasteiger partial charge in [-0.15, -0.1) is 11.8 Å². The number of nitrogens with one attached hydrogen (secondary N) is 3. The molecule has 2 rings (SSSR count). The smallest absolute Gasteiger partial charge is 0.240 e. The predicted molar refractivity (Wildman–Crippen MR) is 152 cm³/mol. The van der Waals surface area contributed by atoms with Gasteiger partial charge in [0.05, 0.1) is 24.0 Å². The summed E-state index contributed by atoms with van der Waals surface area (Å²) >= 11 is 1.35. The van der Waals surface area contributed by atoms with Gasteiger partial charge in [0, 0.05) is 29.9 Å². The van der Waals surface area contributed by atoms with Crippen molar-refractivity contribution >= 4 is 40.9 Å². The number of aliphatic hydroxyl groups excluding tert-OH is 1. The summed E-state index contributed by atoms with van der Waals surface area (Å²) in [6.07, 6.45) is 0. The third-order valence-corrected chi connectivity index (χ3v) is 8.42. The molecular formula is C28H43N5O4S. The molecule has 1 aromatic rings. The fraction of sp³-hybridized carbons (Fsp3) is 0.643. The molecule has 210 valence electrons. The second-order valence-corrected chi connectivity index (χ2v) is 13.2. The van der Waals surface area contributed by atoms with Gasteiger partial charge in [-0.05, 0) is 36.5 Å². The van der Waals surface area contributed by atoms with Crippen LogP contribution in [0.3, 0.4) is 0 Å². The quantitative estimate of drug-likeness (QED) is 0.352. The Labute approximate surface area is 231 Å². The molecule has 0 spiro atoms. The number of nitriles is 1. The Hall–Kier alpha value is -2.77. The Morgan fingerprint density at radius 3 is 2.34 bits per heavy atom. The molecule has 1 fully saturated rings. The highest BCUT2D eigenvalue weighted by Crippen LogP contribution is 2.40. The number of amides is 3. The summed E-state index contributed by atoms with van der Waals surface area (Å²) in [5.41, 5.74) is 0.604. The highest BCUT2D eigenvalue weighted by atomic mass is 32.2. The summed E-state index contributed by atoms with van der Waals surface area (Å²) in [7, 11) is 0. The molecule has 1 saturated heterocycles. The second kappa shape index (κ2) is 12.9. The molecular weight excluding hydrogens is 502 g/mol. The van der Waals surface area contributed by atoms with Crippen LogP contribution in [0.25, 0.3) is 0 Å². The minimum absolute atomic E-state index is 0.0782. The zero-order valence-electron chi connectivity index (χ0n) is 23.8. The zero-order valence-corrected chi connectivity index (χ0v) is 24.6. The first-order valence-electron chi connectivity index (χ1n) is 13.1. The van der Waals surface area contributed by atoms with E-state index in [-0.39, 0.29) is 29.8 Å². The highest BCUT2D eigenvalue weighted by Gasteiger charge is 2.48. The molecule has 1 heterocycles. The van der Waals surface area contributed by atoms with Crippen molar-refractivity contribution in [1.29, 1.82) is 5.26 Å². The number of thioether (sulfide) groups is 1. The molecule has 0 radical (unpaired) electrons. The van der Waals surface area contributed by atoms with E-state index in [0.29, 0.717) is 18.8 Å². The van der Waals surface area contributed by atoms with E-state index >= 15 is 0 Å². The second-order valence-electron chi connectivity index (χ2n) is 11.9. The molecule has 38 heavy (non-hydrogen) atoms. The monoisotopic (exact) mass is 545 g/mol. The van der Waals surface area contributed by atoms with E-state index in [0.717, 1.165) is 5.69 Å². The van der Waals surface area contributed by atoms with Crippen LogP contribution in [-0.2, 0) is 14.4 Å². The largest absolute Gasteiger partial charge is 0.394 e. The lowest BCUT2D eigenvalue weighted by atomic mass is 9.87. The summed E-state index contributed by atoms with van der Waals surface area (Å²) in [6, 6.07) is 9.02. The van der Waals surface area contributed by atoms with Crippen molar-refractivity contribution in [1.82, 2.24) is 10.2 Å². The van der Waals surface area contributed by atoms with E-state index < -0.39 is 33.9 Å². The van der Waals surface area contributed by atoms with Crippen molar-refractivity contribution in [2.75, 3.05) is 30.3 Å². The van der Waals surface area contributed by atoms with Crippen LogP contribution in [0.2, 0.25) is 0 Å². The fourth-order valence-electron chi connectivity index (χ4n) is 4.00. The van der Waals surface area contributed by atoms with Gasteiger partial charge in [0.25, 0.3) is 0 Å². The maximum Gasteiger partial charge on any atom is 0.240 e. The number of nitrogens with zero attached hydrogens (tertiary/aromatic N) is 2. The topological polar surface area (TPSA) is 135 Å². The number of hydrogen-bond donors (Lipinski definition) is 4. The molecule has 3 amide bonds. The highest BCUT2D eigenvalue weighted by molar-refractivity contribution is 8.01. The van der Waals surface area contributed by atoms with Crippen molar-refractivity contribution in [2.45, 2.75) is 72.1 Å². The summed E-state index contributed by atoms with van der Waals surface area (Å²) < 4.78 is 0. The summed E-state index contributed by atoms with van der Waals surface area (Å²) in [6.45, 7) is 15.7. The summed E-state index contributed by atoms with van der Waals surface area (Å²) in [5, 5.41) is 27.7. The minimum atomic E-state index is -1.06. The van der Waals surface area contributed by atoms with E-state index in [1.165, 1.54) is 11.8 Å². The van der Waals surface area contributed by atoms with E-state index in [9.17, 15) is 24.8 Å². The SMILES string of the molecule is CCN1C(=O)[C@@H](C(C)CNc2cccc(NC(=O)C(C)(C)C)c2)SC1[C@H](C#N)C(=O)N[C@H](CO)C(C)(C)C. The molecule has 1 aromatic carbocycles. The normalized spacial score (nSPS) is 20.3. The van der Waals surface area contributed by atoms with Crippen LogP contribution in [0.15, 0.2) is 24.3 Å². The maximum atomic E-state index is 13.3. The Bertz CT molecular complexity index is 1040. The molecule has 0 bridgehead atoms. The predicted octanol–water partition coefficient (Wildman–Crippen LogP) is 3.67. The molecule has 9 nitrogen and oxygen atoms in total. The molecule has 10 heteroatoms. The standard InChI is InChI=1S/C28H43N5O4S/c1-9-33-24(36)22(38-25(33)20(14-29)23(35)32-21(16-34)27(3,4)5)17(2)15-30-18-11-10-12-19(13-18)31-26(37)28(6,7)8/h10-13,17,20-22,25,30,34H,9,15-16H2,1-8H3,(H,31,37)(H,32,35)/t17?,20-,21-,22-,25?/m1/s1. The van der Waals surface area contributed by atoms with E-state index in [2.05, 4.69) is 22.0 Å². The number of carbonyl (C=O) groups is 3. The van der Waals surface area contributed by atoms with Crippen LogP contribution in [0.5, 0.6) is 0 Å². The van der Waals surface area contributed by atoms with Crippen LogP contribution in [0, 0.1) is 34.0 Å². The van der Waals surface area contributed by atoms with Crippen LogP contribution in [0.1, 0.15) is 55.4 Å². The molecule has 0 aliphatic carbocycles. The van der Waals surface area contributed by atoms with Crippen molar-refractivity contribution in [3.63, 3.8) is 0 Å². The van der Waals surface area contributed by atoms with E-state index in [4.69, 9.17) is 0 Å². The van der Waals surface area contributed by atoms with Gasteiger partial charge in [-0.25, -0.2) is 0 Å². The molecule has 2 unspecified atom stereocenters. The van der Waals surface area contributed by atoms with Crippen molar-refractivity contribution in [3.8, 4) is 6.07 Å². The minimum Gasteiger partial charge on any atom is -0.394 e. The fourth-order valence-corrected chi connectivity index (χ4v) is 5.66. The van der Waals surface area contributed by atoms with Crippen molar-refractivity contribution in [2.24, 2.45) is 22.7 Å². The molecule has 0 aromatic heterocycles. The third kappa shape index (κ3) is 7.87. The maximum absolute atomic E-state index is 13.3. The van der Waals surface area contributed by atoms with Gasteiger partial charge >= 0.3 is 0 Å². The lowest BCUT2D eigenvalue weighted by Gasteiger charge is -2.32.